The Morgan fingerprint density at radius 3 is 2.19 bits per heavy atom. The van der Waals surface area contributed by atoms with Gasteiger partial charge in [0.25, 0.3) is 5.91 Å². The number of anilines is 1. The monoisotopic (exact) mass is 432 g/mol. The number of para-hydroxylation sites is 1. The van der Waals surface area contributed by atoms with Gasteiger partial charge in [-0.1, -0.05) is 42.5 Å². The van der Waals surface area contributed by atoms with Crippen LogP contribution in [0.15, 0.2) is 77.7 Å². The van der Waals surface area contributed by atoms with Gasteiger partial charge in [0.15, 0.2) is 0 Å². The molecular weight excluding hydrogens is 408 g/mol. The van der Waals surface area contributed by atoms with E-state index in [4.69, 9.17) is 0 Å². The van der Waals surface area contributed by atoms with Crippen molar-refractivity contribution in [1.29, 1.82) is 0 Å². The Balaban J connectivity index is 1.37. The lowest BCUT2D eigenvalue weighted by Crippen LogP contribution is -2.36. The van der Waals surface area contributed by atoms with E-state index in [9.17, 15) is 13.2 Å². The van der Waals surface area contributed by atoms with Crippen LogP contribution in [0, 0.1) is 0 Å². The minimum Gasteiger partial charge on any atom is -0.308 e. The van der Waals surface area contributed by atoms with E-state index < -0.39 is 10.0 Å². The van der Waals surface area contributed by atoms with Crippen LogP contribution in [0.4, 0.5) is 5.69 Å². The average molecular weight is 433 g/mol. The number of fused-ring (bicyclic) bond motifs is 2. The summed E-state index contributed by atoms with van der Waals surface area (Å²) in [5, 5.41) is 0. The molecule has 2 aliphatic heterocycles. The first-order chi connectivity index (χ1) is 15.0. The van der Waals surface area contributed by atoms with Crippen LogP contribution in [0.3, 0.4) is 0 Å². The molecule has 1 amide bonds. The zero-order valence-corrected chi connectivity index (χ0v) is 18.0. The van der Waals surface area contributed by atoms with Gasteiger partial charge in [-0.05, 0) is 66.3 Å². The average Bonchev–Trinajstić information content (AvgIpc) is 2.83. The first-order valence-electron chi connectivity index (χ1n) is 10.6. The first-order valence-corrected chi connectivity index (χ1v) is 12.0. The standard InChI is InChI=1S/C25H24N2O3S/c28-25(27-16-5-9-20-7-3-4-10-24(20)27)21-11-13-23(14-12-21)31(29,30)26-17-15-19-6-1-2-8-22(19)18-26/h1-4,6-8,10-14H,5,9,15-18H2. The number of nitrogens with zero attached hydrogens (tertiary/aromatic N) is 2. The van der Waals surface area contributed by atoms with Crippen molar-refractivity contribution in [1.82, 2.24) is 4.31 Å². The number of rotatable bonds is 3. The van der Waals surface area contributed by atoms with Crippen LogP contribution < -0.4 is 4.90 Å². The summed E-state index contributed by atoms with van der Waals surface area (Å²) in [6, 6.07) is 22.3. The second kappa shape index (κ2) is 7.94. The molecule has 3 aromatic carbocycles. The van der Waals surface area contributed by atoms with Gasteiger partial charge >= 0.3 is 0 Å². The molecule has 2 aliphatic rings. The Hall–Kier alpha value is -2.96. The molecule has 0 aliphatic carbocycles. The van der Waals surface area contributed by atoms with Crippen molar-refractivity contribution in [2.75, 3.05) is 18.0 Å². The molecular formula is C25H24N2O3S. The fraction of sp³-hybridized carbons (Fsp3) is 0.240. The maximum atomic E-state index is 13.2. The van der Waals surface area contributed by atoms with E-state index in [2.05, 4.69) is 12.1 Å². The maximum absolute atomic E-state index is 13.2. The predicted octanol–water partition coefficient (Wildman–Crippen LogP) is 4.03. The van der Waals surface area contributed by atoms with E-state index in [1.807, 2.05) is 36.4 Å². The smallest absolute Gasteiger partial charge is 0.258 e. The number of benzene rings is 3. The number of amides is 1. The summed E-state index contributed by atoms with van der Waals surface area (Å²) in [7, 11) is -3.61. The highest BCUT2D eigenvalue weighted by atomic mass is 32.2. The number of aryl methyl sites for hydroxylation is 1. The number of hydrogen-bond acceptors (Lipinski definition) is 3. The lowest BCUT2D eigenvalue weighted by atomic mass is 10.0. The van der Waals surface area contributed by atoms with Crippen molar-refractivity contribution >= 4 is 21.6 Å². The molecule has 0 N–H and O–H groups in total. The van der Waals surface area contributed by atoms with Gasteiger partial charge < -0.3 is 4.90 Å². The van der Waals surface area contributed by atoms with Gasteiger partial charge in [0, 0.05) is 30.9 Å². The van der Waals surface area contributed by atoms with Crippen LogP contribution in [-0.2, 0) is 29.4 Å². The van der Waals surface area contributed by atoms with E-state index in [0.29, 0.717) is 31.6 Å². The van der Waals surface area contributed by atoms with Crippen LogP contribution in [0.5, 0.6) is 0 Å². The quantitative estimate of drug-likeness (QED) is 0.628. The van der Waals surface area contributed by atoms with Gasteiger partial charge in [0.1, 0.15) is 0 Å². The Labute approximate surface area is 183 Å². The fourth-order valence-corrected chi connectivity index (χ4v) is 5.91. The summed E-state index contributed by atoms with van der Waals surface area (Å²) in [6.07, 6.45) is 2.60. The molecule has 0 fully saturated rings. The number of carbonyl (C=O) groups is 1. The van der Waals surface area contributed by atoms with E-state index in [0.717, 1.165) is 24.1 Å². The highest BCUT2D eigenvalue weighted by Crippen LogP contribution is 2.29. The van der Waals surface area contributed by atoms with Crippen molar-refractivity contribution in [3.8, 4) is 0 Å². The summed E-state index contributed by atoms with van der Waals surface area (Å²) in [5.74, 6) is -0.0944. The van der Waals surface area contributed by atoms with Crippen molar-refractivity contribution in [2.24, 2.45) is 0 Å². The minimum absolute atomic E-state index is 0.0944. The second-order valence-electron chi connectivity index (χ2n) is 8.07. The van der Waals surface area contributed by atoms with Crippen LogP contribution in [-0.4, -0.2) is 31.7 Å². The number of sulfonamides is 1. The molecule has 0 unspecified atom stereocenters. The van der Waals surface area contributed by atoms with Crippen molar-refractivity contribution < 1.29 is 13.2 Å². The van der Waals surface area contributed by atoms with E-state index in [1.54, 1.807) is 29.2 Å². The molecule has 0 saturated heterocycles. The largest absolute Gasteiger partial charge is 0.308 e. The summed E-state index contributed by atoms with van der Waals surface area (Å²) in [5.41, 5.74) is 4.87. The fourth-order valence-electron chi connectivity index (χ4n) is 4.49. The van der Waals surface area contributed by atoms with Gasteiger partial charge in [-0.15, -0.1) is 0 Å². The third-order valence-electron chi connectivity index (χ3n) is 6.19. The first kappa shape index (κ1) is 20.0. The lowest BCUT2D eigenvalue weighted by Gasteiger charge is -2.30. The van der Waals surface area contributed by atoms with Gasteiger partial charge in [0.2, 0.25) is 10.0 Å². The third kappa shape index (κ3) is 3.66. The van der Waals surface area contributed by atoms with E-state index in [-0.39, 0.29) is 10.8 Å². The molecule has 3 aromatic rings. The van der Waals surface area contributed by atoms with Gasteiger partial charge in [-0.3, -0.25) is 4.79 Å². The lowest BCUT2D eigenvalue weighted by molar-refractivity contribution is 0.0985. The predicted molar refractivity (Wildman–Crippen MR) is 121 cm³/mol. The molecule has 0 spiro atoms. The summed E-state index contributed by atoms with van der Waals surface area (Å²) in [6.45, 7) is 1.51. The molecule has 0 saturated carbocycles. The van der Waals surface area contributed by atoms with E-state index >= 15 is 0 Å². The van der Waals surface area contributed by atoms with Crippen molar-refractivity contribution in [3.63, 3.8) is 0 Å². The van der Waals surface area contributed by atoms with Gasteiger partial charge in [-0.25, -0.2) is 8.42 Å². The minimum atomic E-state index is -3.61. The molecule has 0 atom stereocenters. The third-order valence-corrected chi connectivity index (χ3v) is 8.05. The van der Waals surface area contributed by atoms with E-state index in [1.165, 1.54) is 15.4 Å². The highest BCUT2D eigenvalue weighted by molar-refractivity contribution is 7.89. The summed E-state index contributed by atoms with van der Waals surface area (Å²) < 4.78 is 27.9. The summed E-state index contributed by atoms with van der Waals surface area (Å²) >= 11 is 0. The highest BCUT2D eigenvalue weighted by Gasteiger charge is 2.29. The molecule has 0 bridgehead atoms. The maximum Gasteiger partial charge on any atom is 0.258 e. The zero-order chi connectivity index (χ0) is 21.4. The molecule has 5 rings (SSSR count). The van der Waals surface area contributed by atoms with Gasteiger partial charge in [-0.2, -0.15) is 4.31 Å². The molecule has 0 radical (unpaired) electrons. The van der Waals surface area contributed by atoms with Crippen LogP contribution in [0.1, 0.15) is 33.5 Å². The summed E-state index contributed by atoms with van der Waals surface area (Å²) in [4.78, 5) is 15.1. The van der Waals surface area contributed by atoms with Crippen LogP contribution in [0.25, 0.3) is 0 Å². The molecule has 2 heterocycles. The SMILES string of the molecule is O=C(c1ccc(S(=O)(=O)N2CCc3ccccc3C2)cc1)N1CCCc2ccccc21. The van der Waals surface area contributed by atoms with Crippen molar-refractivity contribution in [2.45, 2.75) is 30.7 Å². The van der Waals surface area contributed by atoms with Crippen molar-refractivity contribution in [3.05, 3.63) is 95.1 Å². The molecule has 6 heteroatoms. The topological polar surface area (TPSA) is 57.7 Å². The molecule has 0 aromatic heterocycles. The Morgan fingerprint density at radius 2 is 1.42 bits per heavy atom. The van der Waals surface area contributed by atoms with Crippen LogP contribution >= 0.6 is 0 Å². The Morgan fingerprint density at radius 1 is 0.742 bits per heavy atom. The second-order valence-corrected chi connectivity index (χ2v) is 10.0. The zero-order valence-electron chi connectivity index (χ0n) is 17.2. The van der Waals surface area contributed by atoms with Crippen LogP contribution in [0.2, 0.25) is 0 Å². The molecule has 158 valence electrons. The molecule has 31 heavy (non-hydrogen) atoms. The Bertz CT molecular complexity index is 1240. The number of hydrogen-bond donors (Lipinski definition) is 0. The van der Waals surface area contributed by atoms with Gasteiger partial charge in [0.05, 0.1) is 4.90 Å². The normalized spacial score (nSPS) is 16.5. The number of carbonyl (C=O) groups excluding carboxylic acids is 1. The Kier molecular flexibility index (Phi) is 5.12. The molecule has 5 nitrogen and oxygen atoms in total.